The number of rotatable bonds is 3. The summed E-state index contributed by atoms with van der Waals surface area (Å²) in [4.78, 5) is 0. The third-order valence-electron chi connectivity index (χ3n) is 5.60. The molecule has 2 aliphatic rings. The van der Waals surface area contributed by atoms with E-state index in [1.54, 1.807) is 0 Å². The van der Waals surface area contributed by atoms with Gasteiger partial charge in [0.15, 0.2) is 0 Å². The number of hydrogen-bond donors (Lipinski definition) is 0. The average molecular weight is 421 g/mol. The Labute approximate surface area is 183 Å². The molecule has 4 aromatic rings. The van der Waals surface area contributed by atoms with E-state index in [-0.39, 0.29) is 0 Å². The Bertz CT molecular complexity index is 1150. The average Bonchev–Trinajstić information content (AvgIpc) is 3.30. The minimum Gasteiger partial charge on any atom is -0.202 e. The van der Waals surface area contributed by atoms with Crippen LogP contribution in [0.1, 0.15) is 22.3 Å². The van der Waals surface area contributed by atoms with Crippen LogP contribution < -0.4 is 0 Å². The molecule has 0 atom stereocenters. The van der Waals surface area contributed by atoms with Crippen LogP contribution in [0.25, 0.3) is 22.3 Å². The lowest BCUT2D eigenvalue weighted by molar-refractivity contribution is 1.65. The first-order valence-electron chi connectivity index (χ1n) is 9.79. The van der Waals surface area contributed by atoms with Gasteiger partial charge >= 0.3 is 0 Å². The standard InChI is InChI=1S/C26H16N2S2/c1-5-13-21-17(9-1)18-10-2-6-14-22(18)25(21)27-29-30-28-26-23-15-7-3-11-19(23)20-12-4-8-16-24(20)26/h1-16H. The van der Waals surface area contributed by atoms with E-state index in [4.69, 9.17) is 8.80 Å². The van der Waals surface area contributed by atoms with Crippen LogP contribution in [-0.2, 0) is 0 Å². The molecule has 2 aliphatic carbocycles. The summed E-state index contributed by atoms with van der Waals surface area (Å²) in [6.45, 7) is 0. The summed E-state index contributed by atoms with van der Waals surface area (Å²) >= 11 is 0. The van der Waals surface area contributed by atoms with E-state index < -0.39 is 0 Å². The molecule has 0 heterocycles. The van der Waals surface area contributed by atoms with Gasteiger partial charge in [-0.05, 0) is 22.3 Å². The lowest BCUT2D eigenvalue weighted by atomic mass is 10.1. The van der Waals surface area contributed by atoms with Crippen LogP contribution in [0, 0.1) is 0 Å². The molecule has 4 aromatic carbocycles. The monoisotopic (exact) mass is 420 g/mol. The second-order valence-corrected chi connectivity index (χ2v) is 8.77. The molecule has 0 aliphatic heterocycles. The molecule has 0 saturated carbocycles. The highest BCUT2D eigenvalue weighted by Crippen LogP contribution is 2.41. The molecule has 0 bridgehead atoms. The largest absolute Gasteiger partial charge is 0.202 e. The van der Waals surface area contributed by atoms with Crippen molar-refractivity contribution in [3.63, 3.8) is 0 Å². The van der Waals surface area contributed by atoms with Crippen molar-refractivity contribution in [3.05, 3.63) is 119 Å². The molecule has 0 aromatic heterocycles. The van der Waals surface area contributed by atoms with Gasteiger partial charge in [-0.3, -0.25) is 0 Å². The first-order chi connectivity index (χ1) is 14.9. The first kappa shape index (κ1) is 17.8. The van der Waals surface area contributed by atoms with Crippen molar-refractivity contribution in [1.82, 2.24) is 0 Å². The highest BCUT2D eigenvalue weighted by molar-refractivity contribution is 8.75. The molecule has 2 nitrogen and oxygen atoms in total. The van der Waals surface area contributed by atoms with Gasteiger partial charge in [-0.2, -0.15) is 0 Å². The molecular weight excluding hydrogens is 404 g/mol. The van der Waals surface area contributed by atoms with E-state index in [0.29, 0.717) is 0 Å². The maximum Gasteiger partial charge on any atom is 0.0880 e. The minimum absolute atomic E-state index is 1.03. The molecule has 0 radical (unpaired) electrons. The first-order valence-corrected chi connectivity index (χ1v) is 11.9. The van der Waals surface area contributed by atoms with Crippen LogP contribution in [0.2, 0.25) is 0 Å². The number of benzene rings is 4. The molecule has 0 N–H and O–H groups in total. The molecule has 0 unspecified atom stereocenters. The van der Waals surface area contributed by atoms with Gasteiger partial charge in [0.2, 0.25) is 0 Å². The Morgan fingerprint density at radius 1 is 0.333 bits per heavy atom. The zero-order chi connectivity index (χ0) is 19.9. The molecular formula is C26H16N2S2. The fourth-order valence-electron chi connectivity index (χ4n) is 4.29. The second kappa shape index (κ2) is 7.31. The van der Waals surface area contributed by atoms with Crippen LogP contribution in [0.5, 0.6) is 0 Å². The van der Waals surface area contributed by atoms with E-state index >= 15 is 0 Å². The van der Waals surface area contributed by atoms with E-state index in [1.807, 2.05) is 0 Å². The lowest BCUT2D eigenvalue weighted by Crippen LogP contribution is -1.97. The van der Waals surface area contributed by atoms with Crippen molar-refractivity contribution < 1.29 is 0 Å². The van der Waals surface area contributed by atoms with Crippen molar-refractivity contribution in [2.75, 3.05) is 0 Å². The molecule has 30 heavy (non-hydrogen) atoms. The lowest BCUT2D eigenvalue weighted by Gasteiger charge is -2.01. The van der Waals surface area contributed by atoms with Gasteiger partial charge in [-0.1, -0.05) is 97.1 Å². The van der Waals surface area contributed by atoms with Gasteiger partial charge in [0.25, 0.3) is 0 Å². The summed E-state index contributed by atoms with van der Waals surface area (Å²) in [7, 11) is 2.86. The summed E-state index contributed by atoms with van der Waals surface area (Å²) in [5, 5.41) is 0. The van der Waals surface area contributed by atoms with Gasteiger partial charge in [-0.15, -0.1) is 0 Å². The second-order valence-electron chi connectivity index (χ2n) is 7.21. The molecule has 0 amide bonds. The van der Waals surface area contributed by atoms with Gasteiger partial charge in [0, 0.05) is 22.3 Å². The SMILES string of the molecule is c1ccc2c(c1)C(=NSSN=C1c3ccccc3-c3ccccc31)c1ccccc1-2. The summed E-state index contributed by atoms with van der Waals surface area (Å²) in [5.41, 5.74) is 11.8. The predicted molar refractivity (Wildman–Crippen MR) is 130 cm³/mol. The van der Waals surface area contributed by atoms with Gasteiger partial charge in [0.1, 0.15) is 0 Å². The third-order valence-corrected chi connectivity index (χ3v) is 6.83. The zero-order valence-corrected chi connectivity index (χ0v) is 17.6. The van der Waals surface area contributed by atoms with Crippen molar-refractivity contribution >= 4 is 33.4 Å². The van der Waals surface area contributed by atoms with Crippen LogP contribution in [-0.4, -0.2) is 11.4 Å². The predicted octanol–water partition coefficient (Wildman–Crippen LogP) is 7.23. The fraction of sp³-hybridized carbons (Fsp3) is 0. The topological polar surface area (TPSA) is 24.7 Å². The van der Waals surface area contributed by atoms with Gasteiger partial charge in [0.05, 0.1) is 33.4 Å². The number of fused-ring (bicyclic) bond motifs is 6. The smallest absolute Gasteiger partial charge is 0.0880 e. The Morgan fingerprint density at radius 2 is 0.567 bits per heavy atom. The highest BCUT2D eigenvalue weighted by Gasteiger charge is 2.25. The summed E-state index contributed by atoms with van der Waals surface area (Å²) in [6.07, 6.45) is 0. The number of hydrogen-bond acceptors (Lipinski definition) is 4. The zero-order valence-electron chi connectivity index (χ0n) is 15.9. The van der Waals surface area contributed by atoms with Gasteiger partial charge in [-0.25, -0.2) is 8.80 Å². The molecule has 0 saturated heterocycles. The Morgan fingerprint density at radius 3 is 0.833 bits per heavy atom. The maximum absolute atomic E-state index is 4.87. The summed E-state index contributed by atoms with van der Waals surface area (Å²) < 4.78 is 9.74. The molecule has 142 valence electrons. The van der Waals surface area contributed by atoms with Crippen LogP contribution >= 0.6 is 22.0 Å². The van der Waals surface area contributed by atoms with Crippen molar-refractivity contribution in [3.8, 4) is 22.3 Å². The van der Waals surface area contributed by atoms with E-state index in [2.05, 4.69) is 97.1 Å². The quantitative estimate of drug-likeness (QED) is 0.171. The van der Waals surface area contributed by atoms with Crippen LogP contribution in [0.3, 0.4) is 0 Å². The maximum atomic E-state index is 4.87. The van der Waals surface area contributed by atoms with Crippen molar-refractivity contribution in [2.45, 2.75) is 0 Å². The van der Waals surface area contributed by atoms with Gasteiger partial charge < -0.3 is 0 Å². The molecule has 4 heteroatoms. The molecule has 6 rings (SSSR count). The van der Waals surface area contributed by atoms with Crippen molar-refractivity contribution in [1.29, 1.82) is 0 Å². The van der Waals surface area contributed by atoms with Crippen LogP contribution in [0.4, 0.5) is 0 Å². The summed E-state index contributed by atoms with van der Waals surface area (Å²) in [6, 6.07) is 33.9. The van der Waals surface area contributed by atoms with Crippen LogP contribution in [0.15, 0.2) is 106 Å². The Hall–Kier alpha value is -3.08. The fourth-order valence-corrected chi connectivity index (χ4v) is 5.55. The Kier molecular flexibility index (Phi) is 4.33. The summed E-state index contributed by atoms with van der Waals surface area (Å²) in [5.74, 6) is 0. The minimum atomic E-state index is 1.03. The van der Waals surface area contributed by atoms with E-state index in [1.165, 1.54) is 66.5 Å². The number of nitrogens with zero attached hydrogens (tertiary/aromatic N) is 2. The third kappa shape index (κ3) is 2.76. The van der Waals surface area contributed by atoms with E-state index in [9.17, 15) is 0 Å². The highest BCUT2D eigenvalue weighted by atomic mass is 33.1. The normalized spacial score (nSPS) is 12.8. The Balaban J connectivity index is 1.33. The molecule has 0 fully saturated rings. The van der Waals surface area contributed by atoms with Crippen molar-refractivity contribution in [2.24, 2.45) is 8.80 Å². The molecule has 0 spiro atoms. The van der Waals surface area contributed by atoms with E-state index in [0.717, 1.165) is 11.4 Å².